The number of nitrogens with two attached hydrogens (primary N) is 1. The van der Waals surface area contributed by atoms with Crippen LogP contribution < -0.4 is 11.3 Å². The van der Waals surface area contributed by atoms with E-state index < -0.39 is 0 Å². The second kappa shape index (κ2) is 4.14. The summed E-state index contributed by atoms with van der Waals surface area (Å²) >= 11 is 0. The molecular formula is C11H12N2O2. The van der Waals surface area contributed by atoms with Crippen LogP contribution in [-0.2, 0) is 6.42 Å². The van der Waals surface area contributed by atoms with Gasteiger partial charge in [0.2, 0.25) is 0 Å². The molecule has 1 aromatic heterocycles. The maximum absolute atomic E-state index is 10.8. The van der Waals surface area contributed by atoms with E-state index in [-0.39, 0.29) is 11.6 Å². The molecule has 0 saturated heterocycles. The lowest BCUT2D eigenvalue weighted by Crippen LogP contribution is -2.12. The highest BCUT2D eigenvalue weighted by Crippen LogP contribution is 2.13. The van der Waals surface area contributed by atoms with Crippen LogP contribution in [0.25, 0.3) is 0 Å². The summed E-state index contributed by atoms with van der Waals surface area (Å²) in [6, 6.07) is 10.9. The fraction of sp³-hybridized carbons (Fsp3) is 0.182. The van der Waals surface area contributed by atoms with Gasteiger partial charge in [0.25, 0.3) is 5.56 Å². The molecule has 0 aliphatic carbocycles. The fourth-order valence-corrected chi connectivity index (χ4v) is 1.45. The maximum atomic E-state index is 10.8. The van der Waals surface area contributed by atoms with Gasteiger partial charge >= 0.3 is 0 Å². The molecule has 1 unspecified atom stereocenters. The van der Waals surface area contributed by atoms with Crippen LogP contribution in [0.1, 0.15) is 17.4 Å². The highest BCUT2D eigenvalue weighted by Gasteiger charge is 2.11. The molecule has 0 spiro atoms. The Morgan fingerprint density at radius 2 is 2.07 bits per heavy atom. The smallest absolute Gasteiger partial charge is 0.280 e. The first kappa shape index (κ1) is 9.73. The molecular weight excluding hydrogens is 192 g/mol. The summed E-state index contributed by atoms with van der Waals surface area (Å²) in [5.74, 6) is 0.490. The van der Waals surface area contributed by atoms with Crippen LogP contribution in [0.3, 0.4) is 0 Å². The van der Waals surface area contributed by atoms with E-state index in [4.69, 9.17) is 10.3 Å². The molecule has 0 bridgehead atoms. The molecule has 0 saturated carbocycles. The van der Waals surface area contributed by atoms with Crippen molar-refractivity contribution in [3.8, 4) is 0 Å². The number of rotatable bonds is 3. The Balaban J connectivity index is 2.10. The summed E-state index contributed by atoms with van der Waals surface area (Å²) < 4.78 is 4.94. The van der Waals surface area contributed by atoms with Crippen molar-refractivity contribution < 1.29 is 4.52 Å². The average molecular weight is 204 g/mol. The van der Waals surface area contributed by atoms with Crippen LogP contribution in [0.5, 0.6) is 0 Å². The molecule has 1 atom stereocenters. The largest absolute Gasteiger partial charge is 0.382 e. The lowest BCUT2D eigenvalue weighted by molar-refractivity contribution is 0.357. The molecule has 0 aliphatic heterocycles. The maximum Gasteiger partial charge on any atom is 0.280 e. The molecule has 15 heavy (non-hydrogen) atoms. The van der Waals surface area contributed by atoms with Crippen LogP contribution in [0, 0.1) is 0 Å². The summed E-state index contributed by atoms with van der Waals surface area (Å²) in [5, 5.41) is 2.22. The lowest BCUT2D eigenvalue weighted by Gasteiger charge is -2.06. The van der Waals surface area contributed by atoms with Gasteiger partial charge in [-0.25, -0.2) is 0 Å². The fourth-order valence-electron chi connectivity index (χ4n) is 1.45. The number of aromatic nitrogens is 1. The summed E-state index contributed by atoms with van der Waals surface area (Å²) in [6.07, 6.45) is 0.654. The average Bonchev–Trinajstić information content (AvgIpc) is 2.66. The molecule has 3 N–H and O–H groups in total. The topological polar surface area (TPSA) is 72.0 Å². The molecule has 0 radical (unpaired) electrons. The van der Waals surface area contributed by atoms with Gasteiger partial charge in [-0.2, -0.15) is 5.16 Å². The van der Waals surface area contributed by atoms with Crippen molar-refractivity contribution in [2.24, 2.45) is 5.73 Å². The van der Waals surface area contributed by atoms with E-state index >= 15 is 0 Å². The van der Waals surface area contributed by atoms with Crippen molar-refractivity contribution in [1.29, 1.82) is 0 Å². The van der Waals surface area contributed by atoms with Crippen LogP contribution in [0.15, 0.2) is 45.7 Å². The minimum absolute atomic E-state index is 0.256. The SMILES string of the molecule is NC(Cc1ccccc1)c1cc(=O)[nH]o1. The minimum atomic E-state index is -0.286. The van der Waals surface area contributed by atoms with Crippen LogP contribution in [0.2, 0.25) is 0 Å². The van der Waals surface area contributed by atoms with Gasteiger partial charge in [0.15, 0.2) is 5.76 Å². The Labute approximate surface area is 86.7 Å². The molecule has 0 aliphatic rings. The van der Waals surface area contributed by atoms with Gasteiger partial charge < -0.3 is 10.3 Å². The van der Waals surface area contributed by atoms with Crippen molar-refractivity contribution in [2.75, 3.05) is 0 Å². The van der Waals surface area contributed by atoms with Gasteiger partial charge in [-0.1, -0.05) is 30.3 Å². The molecule has 1 heterocycles. The zero-order valence-electron chi connectivity index (χ0n) is 8.14. The third-order valence-corrected chi connectivity index (χ3v) is 2.21. The molecule has 4 nitrogen and oxygen atoms in total. The third kappa shape index (κ3) is 2.35. The van der Waals surface area contributed by atoms with Crippen molar-refractivity contribution in [3.63, 3.8) is 0 Å². The molecule has 0 amide bonds. The van der Waals surface area contributed by atoms with E-state index in [0.29, 0.717) is 12.2 Å². The lowest BCUT2D eigenvalue weighted by atomic mass is 10.1. The Morgan fingerprint density at radius 1 is 1.33 bits per heavy atom. The van der Waals surface area contributed by atoms with Gasteiger partial charge in [-0.05, 0) is 12.0 Å². The van der Waals surface area contributed by atoms with Crippen LogP contribution >= 0.6 is 0 Å². The van der Waals surface area contributed by atoms with E-state index in [9.17, 15) is 4.79 Å². The molecule has 2 aromatic rings. The number of hydrogen-bond acceptors (Lipinski definition) is 3. The summed E-state index contributed by atoms with van der Waals surface area (Å²) in [5.41, 5.74) is 6.75. The second-order valence-corrected chi connectivity index (χ2v) is 3.41. The van der Waals surface area contributed by atoms with Crippen LogP contribution in [0.4, 0.5) is 0 Å². The normalized spacial score (nSPS) is 12.6. The summed E-state index contributed by atoms with van der Waals surface area (Å²) in [6.45, 7) is 0. The predicted molar refractivity (Wildman–Crippen MR) is 56.4 cm³/mol. The van der Waals surface area contributed by atoms with E-state index in [1.54, 1.807) is 0 Å². The Kier molecular flexibility index (Phi) is 2.69. The van der Waals surface area contributed by atoms with Gasteiger partial charge in [0.05, 0.1) is 6.04 Å². The highest BCUT2D eigenvalue weighted by molar-refractivity contribution is 5.17. The Hall–Kier alpha value is -1.81. The van der Waals surface area contributed by atoms with E-state index in [1.165, 1.54) is 6.07 Å². The van der Waals surface area contributed by atoms with Crippen molar-refractivity contribution in [2.45, 2.75) is 12.5 Å². The zero-order valence-corrected chi connectivity index (χ0v) is 8.14. The molecule has 4 heteroatoms. The van der Waals surface area contributed by atoms with E-state index in [0.717, 1.165) is 5.56 Å². The van der Waals surface area contributed by atoms with Gasteiger partial charge in [0.1, 0.15) is 0 Å². The number of H-pyrrole nitrogens is 1. The van der Waals surface area contributed by atoms with E-state index in [2.05, 4.69) is 5.16 Å². The standard InChI is InChI=1S/C11H12N2O2/c12-9(10-7-11(14)13-15-10)6-8-4-2-1-3-5-8/h1-5,7,9H,6,12H2,(H,13,14). The number of nitrogens with one attached hydrogen (secondary N) is 1. The minimum Gasteiger partial charge on any atom is -0.382 e. The predicted octanol–water partition coefficient (Wildman–Crippen LogP) is 1.21. The Morgan fingerprint density at radius 3 is 2.67 bits per heavy atom. The van der Waals surface area contributed by atoms with Crippen molar-refractivity contribution in [3.05, 3.63) is 58.1 Å². The van der Waals surface area contributed by atoms with Crippen molar-refractivity contribution >= 4 is 0 Å². The monoisotopic (exact) mass is 204 g/mol. The zero-order chi connectivity index (χ0) is 10.7. The number of hydrogen-bond donors (Lipinski definition) is 2. The number of benzene rings is 1. The molecule has 2 rings (SSSR count). The second-order valence-electron chi connectivity index (χ2n) is 3.41. The molecule has 1 aromatic carbocycles. The molecule has 0 fully saturated rings. The first-order valence-electron chi connectivity index (χ1n) is 4.73. The first-order chi connectivity index (χ1) is 7.25. The summed E-state index contributed by atoms with van der Waals surface area (Å²) in [4.78, 5) is 10.8. The number of aromatic amines is 1. The van der Waals surface area contributed by atoms with Gasteiger partial charge in [-0.15, -0.1) is 0 Å². The first-order valence-corrected chi connectivity index (χ1v) is 4.73. The van der Waals surface area contributed by atoms with Crippen molar-refractivity contribution in [1.82, 2.24) is 5.16 Å². The summed E-state index contributed by atoms with van der Waals surface area (Å²) in [7, 11) is 0. The van der Waals surface area contributed by atoms with Gasteiger partial charge in [0, 0.05) is 6.07 Å². The molecule has 78 valence electrons. The Bertz CT molecular complexity index is 473. The third-order valence-electron chi connectivity index (χ3n) is 2.21. The van der Waals surface area contributed by atoms with Crippen LogP contribution in [-0.4, -0.2) is 5.16 Å². The highest BCUT2D eigenvalue weighted by atomic mass is 16.5. The van der Waals surface area contributed by atoms with E-state index in [1.807, 2.05) is 30.3 Å². The quantitative estimate of drug-likeness (QED) is 0.789. The van der Waals surface area contributed by atoms with Gasteiger partial charge in [-0.3, -0.25) is 4.79 Å².